The molecule has 23 heavy (non-hydrogen) atoms. The maximum Gasteiger partial charge on any atom is 0.416 e. The minimum absolute atomic E-state index is 0.0212. The molecule has 0 aromatic heterocycles. The Bertz CT molecular complexity index is 754. The lowest BCUT2D eigenvalue weighted by Gasteiger charge is -2.10. The predicted octanol–water partition coefficient (Wildman–Crippen LogP) is 3.19. The molecular weight excluding hydrogens is 331 g/mol. The Morgan fingerprint density at radius 2 is 1.57 bits per heavy atom. The first kappa shape index (κ1) is 17.3. The van der Waals surface area contributed by atoms with Crippen molar-refractivity contribution in [2.75, 3.05) is 7.11 Å². The molecule has 0 atom stereocenters. The summed E-state index contributed by atoms with van der Waals surface area (Å²) >= 11 is 0. The van der Waals surface area contributed by atoms with Crippen LogP contribution in [-0.4, -0.2) is 15.5 Å². The van der Waals surface area contributed by atoms with Crippen molar-refractivity contribution in [2.45, 2.75) is 17.6 Å². The molecule has 0 aliphatic heterocycles. The van der Waals surface area contributed by atoms with E-state index in [1.54, 1.807) is 24.3 Å². The normalized spacial score (nSPS) is 12.2. The van der Waals surface area contributed by atoms with Crippen LogP contribution in [0.3, 0.4) is 0 Å². The third kappa shape index (κ3) is 4.46. The summed E-state index contributed by atoms with van der Waals surface area (Å²) in [6.45, 7) is 0.0212. The van der Waals surface area contributed by atoms with Crippen LogP contribution < -0.4 is 9.46 Å². The quantitative estimate of drug-likeness (QED) is 0.905. The van der Waals surface area contributed by atoms with Crippen molar-refractivity contribution in [1.29, 1.82) is 0 Å². The van der Waals surface area contributed by atoms with E-state index in [2.05, 4.69) is 4.72 Å². The van der Waals surface area contributed by atoms with Crippen LogP contribution in [0.5, 0.6) is 5.75 Å². The van der Waals surface area contributed by atoms with E-state index in [9.17, 15) is 21.6 Å². The Balaban J connectivity index is 2.09. The van der Waals surface area contributed by atoms with Crippen LogP contribution in [0.4, 0.5) is 13.2 Å². The van der Waals surface area contributed by atoms with Gasteiger partial charge in [0.25, 0.3) is 0 Å². The summed E-state index contributed by atoms with van der Waals surface area (Å²) in [7, 11) is -2.37. The Hall–Kier alpha value is -2.06. The van der Waals surface area contributed by atoms with Crippen LogP contribution in [0.25, 0.3) is 0 Å². The van der Waals surface area contributed by atoms with Crippen LogP contribution in [0.1, 0.15) is 11.1 Å². The molecule has 0 unspecified atom stereocenters. The third-order valence-electron chi connectivity index (χ3n) is 3.12. The van der Waals surface area contributed by atoms with E-state index in [1.807, 2.05) is 0 Å². The molecule has 0 spiro atoms. The van der Waals surface area contributed by atoms with Crippen molar-refractivity contribution < 1.29 is 26.3 Å². The molecule has 0 saturated carbocycles. The highest BCUT2D eigenvalue weighted by Gasteiger charge is 2.30. The fourth-order valence-electron chi connectivity index (χ4n) is 1.83. The van der Waals surface area contributed by atoms with E-state index in [0.717, 1.165) is 24.3 Å². The molecule has 2 aromatic rings. The van der Waals surface area contributed by atoms with Crippen LogP contribution >= 0.6 is 0 Å². The van der Waals surface area contributed by atoms with Gasteiger partial charge in [-0.3, -0.25) is 0 Å². The molecule has 8 heteroatoms. The smallest absolute Gasteiger partial charge is 0.416 e. The van der Waals surface area contributed by atoms with Gasteiger partial charge in [-0.2, -0.15) is 13.2 Å². The average Bonchev–Trinajstić information content (AvgIpc) is 2.53. The number of sulfonamides is 1. The first-order valence-corrected chi connectivity index (χ1v) is 8.00. The highest BCUT2D eigenvalue weighted by Crippen LogP contribution is 2.29. The Kier molecular flexibility index (Phi) is 4.96. The second-order valence-corrected chi connectivity index (χ2v) is 6.46. The molecule has 0 aliphatic rings. The maximum atomic E-state index is 12.5. The number of rotatable bonds is 5. The number of alkyl halides is 3. The van der Waals surface area contributed by atoms with Gasteiger partial charge in [-0.1, -0.05) is 12.1 Å². The van der Waals surface area contributed by atoms with Gasteiger partial charge in [-0.15, -0.1) is 0 Å². The Morgan fingerprint density at radius 3 is 2.04 bits per heavy atom. The second-order valence-electron chi connectivity index (χ2n) is 4.69. The molecule has 4 nitrogen and oxygen atoms in total. The summed E-state index contributed by atoms with van der Waals surface area (Å²) in [5.74, 6) is 0.638. The van der Waals surface area contributed by atoms with Crippen molar-refractivity contribution in [3.05, 3.63) is 59.7 Å². The lowest BCUT2D eigenvalue weighted by molar-refractivity contribution is -0.137. The van der Waals surface area contributed by atoms with Crippen LogP contribution in [0, 0.1) is 0 Å². The summed E-state index contributed by atoms with van der Waals surface area (Å²) in [5, 5.41) is 0. The van der Waals surface area contributed by atoms with Crippen LogP contribution in [0.15, 0.2) is 53.4 Å². The second kappa shape index (κ2) is 6.59. The van der Waals surface area contributed by atoms with Gasteiger partial charge in [0.15, 0.2) is 0 Å². The molecule has 0 amide bonds. The van der Waals surface area contributed by atoms with Crippen LogP contribution in [-0.2, 0) is 22.7 Å². The topological polar surface area (TPSA) is 55.4 Å². The average molecular weight is 345 g/mol. The summed E-state index contributed by atoms with van der Waals surface area (Å²) in [5.41, 5.74) is -0.201. The molecule has 0 fully saturated rings. The van der Waals surface area contributed by atoms with E-state index in [4.69, 9.17) is 4.74 Å². The molecular formula is C15H14F3NO3S. The standard InChI is InChI=1S/C15H14F3NO3S/c1-22-13-6-2-11(3-7-13)10-19-23(20,21)14-8-4-12(5-9-14)15(16,17)18/h2-9,19H,10H2,1H3. The first-order chi connectivity index (χ1) is 10.7. The van der Waals surface area contributed by atoms with Gasteiger partial charge in [0.1, 0.15) is 5.75 Å². The van der Waals surface area contributed by atoms with E-state index < -0.39 is 21.8 Å². The Labute approximate surface area is 132 Å². The van der Waals surface area contributed by atoms with Crippen molar-refractivity contribution in [3.63, 3.8) is 0 Å². The zero-order valence-electron chi connectivity index (χ0n) is 12.1. The number of methoxy groups -OCH3 is 1. The zero-order chi connectivity index (χ0) is 17.1. The number of nitrogens with one attached hydrogen (secondary N) is 1. The van der Waals surface area contributed by atoms with Gasteiger partial charge < -0.3 is 4.74 Å². The van der Waals surface area contributed by atoms with Gasteiger partial charge in [-0.05, 0) is 42.0 Å². The molecule has 0 saturated heterocycles. The van der Waals surface area contributed by atoms with Gasteiger partial charge in [0.2, 0.25) is 10.0 Å². The fraction of sp³-hybridized carbons (Fsp3) is 0.200. The van der Waals surface area contributed by atoms with Crippen molar-refractivity contribution in [1.82, 2.24) is 4.72 Å². The van der Waals surface area contributed by atoms with Crippen molar-refractivity contribution >= 4 is 10.0 Å². The summed E-state index contributed by atoms with van der Waals surface area (Å²) in [6, 6.07) is 10.1. The molecule has 1 N–H and O–H groups in total. The monoisotopic (exact) mass is 345 g/mol. The summed E-state index contributed by atoms with van der Waals surface area (Å²) in [4.78, 5) is -0.223. The van der Waals surface area contributed by atoms with Crippen molar-refractivity contribution in [2.24, 2.45) is 0 Å². The summed E-state index contributed by atoms with van der Waals surface area (Å²) in [6.07, 6.45) is -4.50. The predicted molar refractivity (Wildman–Crippen MR) is 78.5 cm³/mol. The molecule has 124 valence electrons. The van der Waals surface area contributed by atoms with Gasteiger partial charge >= 0.3 is 6.18 Å². The number of benzene rings is 2. The number of halogens is 3. The third-order valence-corrected chi connectivity index (χ3v) is 4.53. The SMILES string of the molecule is COc1ccc(CNS(=O)(=O)c2ccc(C(F)(F)F)cc2)cc1. The Morgan fingerprint density at radius 1 is 1.00 bits per heavy atom. The molecule has 0 radical (unpaired) electrons. The zero-order valence-corrected chi connectivity index (χ0v) is 12.9. The molecule has 2 aromatic carbocycles. The molecule has 0 aliphatic carbocycles. The minimum atomic E-state index is -4.50. The van der Waals surface area contributed by atoms with Crippen molar-refractivity contribution in [3.8, 4) is 5.75 Å². The first-order valence-electron chi connectivity index (χ1n) is 6.52. The van der Waals surface area contributed by atoms with Gasteiger partial charge in [-0.25, -0.2) is 13.1 Å². The van der Waals surface area contributed by atoms with Gasteiger partial charge in [0.05, 0.1) is 17.6 Å². The number of ether oxygens (including phenoxy) is 1. The largest absolute Gasteiger partial charge is 0.497 e. The molecule has 0 bridgehead atoms. The van der Waals surface area contributed by atoms with Gasteiger partial charge in [0, 0.05) is 6.54 Å². The van der Waals surface area contributed by atoms with E-state index >= 15 is 0 Å². The summed E-state index contributed by atoms with van der Waals surface area (Å²) < 4.78 is 68.9. The number of hydrogen-bond donors (Lipinski definition) is 1. The van der Waals surface area contributed by atoms with E-state index in [0.29, 0.717) is 11.3 Å². The molecule has 0 heterocycles. The lowest BCUT2D eigenvalue weighted by Crippen LogP contribution is -2.23. The minimum Gasteiger partial charge on any atom is -0.497 e. The maximum absolute atomic E-state index is 12.5. The lowest BCUT2D eigenvalue weighted by atomic mass is 10.2. The van der Waals surface area contributed by atoms with E-state index in [1.165, 1.54) is 7.11 Å². The fourth-order valence-corrected chi connectivity index (χ4v) is 2.85. The number of hydrogen-bond acceptors (Lipinski definition) is 3. The highest BCUT2D eigenvalue weighted by molar-refractivity contribution is 7.89. The van der Waals surface area contributed by atoms with E-state index in [-0.39, 0.29) is 11.4 Å². The highest BCUT2D eigenvalue weighted by atomic mass is 32.2. The van der Waals surface area contributed by atoms with Crippen LogP contribution in [0.2, 0.25) is 0 Å². The molecule has 2 rings (SSSR count).